The van der Waals surface area contributed by atoms with Crippen LogP contribution in [0.5, 0.6) is 0 Å². The molecule has 0 heterocycles. The molecule has 0 unspecified atom stereocenters. The highest BCUT2D eigenvalue weighted by atomic mass is 16.6. The third-order valence-electron chi connectivity index (χ3n) is 4.40. The van der Waals surface area contributed by atoms with Crippen LogP contribution in [0, 0.1) is 29.9 Å². The predicted octanol–water partition coefficient (Wildman–Crippen LogP) is 2.58. The normalized spacial score (nSPS) is 20.8. The lowest BCUT2D eigenvalue weighted by Gasteiger charge is -2.27. The first kappa shape index (κ1) is 16.9. The molecule has 0 aromatic heterocycles. The van der Waals surface area contributed by atoms with Gasteiger partial charge in [-0.05, 0) is 51.2 Å². The Balaban J connectivity index is 2.08. The van der Waals surface area contributed by atoms with Crippen molar-refractivity contribution in [3.8, 4) is 0 Å². The number of carbonyl (C=O) groups excluding carboxylic acids is 1. The third kappa shape index (κ3) is 3.85. The second kappa shape index (κ2) is 6.76. The van der Waals surface area contributed by atoms with E-state index in [1.807, 2.05) is 0 Å². The quantitative estimate of drug-likeness (QED) is 0.654. The summed E-state index contributed by atoms with van der Waals surface area (Å²) in [5.74, 6) is -1.48. The van der Waals surface area contributed by atoms with E-state index in [0.29, 0.717) is 42.4 Å². The fraction of sp³-hybridized carbons (Fsp3) is 0.500. The van der Waals surface area contributed by atoms with Gasteiger partial charge in [-0.25, -0.2) is 0 Å². The van der Waals surface area contributed by atoms with E-state index in [-0.39, 0.29) is 23.6 Å². The standard InChI is InChI=1S/C16H20N2O5/c1-9-7-10(2)14(18(22)23)8-13(9)15(19)17-12-5-3-11(4-6-12)16(20)21/h7-8,11-12H,3-6H2,1-2H3,(H,17,19)(H,20,21). The summed E-state index contributed by atoms with van der Waals surface area (Å²) in [5.41, 5.74) is 1.42. The Morgan fingerprint density at radius 3 is 2.30 bits per heavy atom. The summed E-state index contributed by atoms with van der Waals surface area (Å²) in [7, 11) is 0. The van der Waals surface area contributed by atoms with Gasteiger partial charge in [0.1, 0.15) is 0 Å². The lowest BCUT2D eigenvalue weighted by atomic mass is 9.86. The van der Waals surface area contributed by atoms with Crippen molar-refractivity contribution >= 4 is 17.6 Å². The van der Waals surface area contributed by atoms with Crippen LogP contribution in [-0.4, -0.2) is 27.9 Å². The molecule has 0 aliphatic heterocycles. The lowest BCUT2D eigenvalue weighted by molar-refractivity contribution is -0.385. The molecule has 7 heteroatoms. The van der Waals surface area contributed by atoms with Crippen molar-refractivity contribution in [1.29, 1.82) is 0 Å². The second-order valence-corrected chi connectivity index (χ2v) is 6.07. The molecule has 1 aliphatic carbocycles. The maximum absolute atomic E-state index is 12.4. The van der Waals surface area contributed by atoms with Crippen LogP contribution in [0.2, 0.25) is 0 Å². The Morgan fingerprint density at radius 2 is 1.78 bits per heavy atom. The Labute approximate surface area is 133 Å². The molecule has 2 N–H and O–H groups in total. The number of aliphatic carboxylic acids is 1. The van der Waals surface area contributed by atoms with E-state index < -0.39 is 10.9 Å². The number of aryl methyl sites for hydroxylation is 2. The van der Waals surface area contributed by atoms with Crippen LogP contribution in [0.15, 0.2) is 12.1 Å². The highest BCUT2D eigenvalue weighted by Gasteiger charge is 2.27. The summed E-state index contributed by atoms with van der Waals surface area (Å²) >= 11 is 0. The first-order chi connectivity index (χ1) is 10.8. The molecule has 0 atom stereocenters. The molecule has 1 amide bonds. The van der Waals surface area contributed by atoms with Gasteiger partial charge >= 0.3 is 5.97 Å². The number of hydrogen-bond donors (Lipinski definition) is 2. The summed E-state index contributed by atoms with van der Waals surface area (Å²) in [6.07, 6.45) is 2.28. The molecule has 0 radical (unpaired) electrons. The van der Waals surface area contributed by atoms with Gasteiger partial charge in [0.25, 0.3) is 11.6 Å². The number of rotatable bonds is 4. The van der Waals surface area contributed by atoms with Gasteiger partial charge in [-0.15, -0.1) is 0 Å². The molecule has 1 aliphatic rings. The zero-order chi connectivity index (χ0) is 17.1. The fourth-order valence-electron chi connectivity index (χ4n) is 3.03. The van der Waals surface area contributed by atoms with Crippen molar-refractivity contribution in [2.75, 3.05) is 0 Å². The molecule has 1 aromatic carbocycles. The highest BCUT2D eigenvalue weighted by Crippen LogP contribution is 2.26. The topological polar surface area (TPSA) is 110 Å². The molecule has 1 fully saturated rings. The van der Waals surface area contributed by atoms with Crippen molar-refractivity contribution in [3.63, 3.8) is 0 Å². The minimum atomic E-state index is -0.792. The monoisotopic (exact) mass is 320 g/mol. The lowest BCUT2D eigenvalue weighted by Crippen LogP contribution is -2.39. The number of amides is 1. The summed E-state index contributed by atoms with van der Waals surface area (Å²) in [4.78, 5) is 33.8. The number of carboxylic acids is 1. The maximum Gasteiger partial charge on any atom is 0.306 e. The van der Waals surface area contributed by atoms with E-state index in [4.69, 9.17) is 5.11 Å². The second-order valence-electron chi connectivity index (χ2n) is 6.07. The summed E-state index contributed by atoms with van der Waals surface area (Å²) < 4.78 is 0. The third-order valence-corrected chi connectivity index (χ3v) is 4.40. The average Bonchev–Trinajstić information content (AvgIpc) is 2.47. The smallest absolute Gasteiger partial charge is 0.306 e. The zero-order valence-corrected chi connectivity index (χ0v) is 13.2. The molecule has 1 aromatic rings. The minimum Gasteiger partial charge on any atom is -0.481 e. The van der Waals surface area contributed by atoms with E-state index in [1.165, 1.54) is 6.07 Å². The van der Waals surface area contributed by atoms with E-state index in [9.17, 15) is 19.7 Å². The summed E-state index contributed by atoms with van der Waals surface area (Å²) in [5, 5.41) is 22.9. The molecular weight excluding hydrogens is 300 g/mol. The Hall–Kier alpha value is -2.44. The SMILES string of the molecule is Cc1cc(C)c([N+](=O)[O-])cc1C(=O)NC1CCC(C(=O)O)CC1. The fourth-order valence-corrected chi connectivity index (χ4v) is 3.03. The van der Waals surface area contributed by atoms with Gasteiger partial charge in [-0.3, -0.25) is 19.7 Å². The number of nitrogens with zero attached hydrogens (tertiary/aromatic N) is 1. The first-order valence-electron chi connectivity index (χ1n) is 7.59. The van der Waals surface area contributed by atoms with E-state index in [2.05, 4.69) is 5.32 Å². The van der Waals surface area contributed by atoms with Crippen LogP contribution in [0.1, 0.15) is 47.2 Å². The minimum absolute atomic E-state index is 0.0738. The Bertz CT molecular complexity index is 648. The molecule has 0 bridgehead atoms. The number of nitrogens with one attached hydrogen (secondary N) is 1. The van der Waals surface area contributed by atoms with E-state index >= 15 is 0 Å². The van der Waals surface area contributed by atoms with Crippen molar-refractivity contribution in [1.82, 2.24) is 5.32 Å². The van der Waals surface area contributed by atoms with Gasteiger partial charge in [0, 0.05) is 23.2 Å². The van der Waals surface area contributed by atoms with Crippen molar-refractivity contribution in [2.24, 2.45) is 5.92 Å². The molecule has 2 rings (SSSR count). The summed E-state index contributed by atoms with van der Waals surface area (Å²) in [6.45, 7) is 3.38. The van der Waals surface area contributed by atoms with Crippen molar-refractivity contribution < 1.29 is 19.6 Å². The highest BCUT2D eigenvalue weighted by molar-refractivity contribution is 5.96. The average molecular weight is 320 g/mol. The summed E-state index contributed by atoms with van der Waals surface area (Å²) in [6, 6.07) is 2.86. The molecule has 7 nitrogen and oxygen atoms in total. The number of carbonyl (C=O) groups is 2. The molecule has 1 saturated carbocycles. The Kier molecular flexibility index (Phi) is 4.98. The van der Waals surface area contributed by atoms with Gasteiger partial charge < -0.3 is 10.4 Å². The van der Waals surface area contributed by atoms with E-state index in [1.54, 1.807) is 19.9 Å². The van der Waals surface area contributed by atoms with Crippen LogP contribution in [0.4, 0.5) is 5.69 Å². The zero-order valence-electron chi connectivity index (χ0n) is 13.2. The molecule has 23 heavy (non-hydrogen) atoms. The van der Waals surface area contributed by atoms with Crippen LogP contribution < -0.4 is 5.32 Å². The predicted molar refractivity (Wildman–Crippen MR) is 83.4 cm³/mol. The van der Waals surface area contributed by atoms with Gasteiger partial charge in [-0.2, -0.15) is 0 Å². The number of benzene rings is 1. The molecular formula is C16H20N2O5. The van der Waals surface area contributed by atoms with Gasteiger partial charge in [0.05, 0.1) is 10.8 Å². The van der Waals surface area contributed by atoms with E-state index in [0.717, 1.165) is 0 Å². The van der Waals surface area contributed by atoms with Crippen molar-refractivity contribution in [2.45, 2.75) is 45.6 Å². The maximum atomic E-state index is 12.4. The van der Waals surface area contributed by atoms with Crippen LogP contribution in [0.25, 0.3) is 0 Å². The largest absolute Gasteiger partial charge is 0.481 e. The molecule has 0 saturated heterocycles. The molecule has 124 valence electrons. The number of nitro groups is 1. The first-order valence-corrected chi connectivity index (χ1v) is 7.59. The number of carboxylic acid groups (broad SMARTS) is 1. The number of nitro benzene ring substituents is 1. The van der Waals surface area contributed by atoms with Crippen molar-refractivity contribution in [3.05, 3.63) is 38.9 Å². The molecule has 0 spiro atoms. The van der Waals surface area contributed by atoms with Gasteiger partial charge in [0.15, 0.2) is 0 Å². The van der Waals surface area contributed by atoms with Crippen LogP contribution >= 0.6 is 0 Å². The number of hydrogen-bond acceptors (Lipinski definition) is 4. The van der Waals surface area contributed by atoms with Crippen LogP contribution in [0.3, 0.4) is 0 Å². The van der Waals surface area contributed by atoms with Crippen LogP contribution in [-0.2, 0) is 4.79 Å². The Morgan fingerprint density at radius 1 is 1.17 bits per heavy atom. The van der Waals surface area contributed by atoms with Gasteiger partial charge in [0.2, 0.25) is 0 Å². The van der Waals surface area contributed by atoms with Gasteiger partial charge in [-0.1, -0.05) is 0 Å².